The van der Waals surface area contributed by atoms with E-state index in [2.05, 4.69) is 5.32 Å². The van der Waals surface area contributed by atoms with E-state index < -0.39 is 0 Å². The molecule has 1 saturated carbocycles. The molecule has 0 saturated heterocycles. The molecule has 0 bridgehead atoms. The maximum absolute atomic E-state index is 12.9. The number of methoxy groups -OCH3 is 1. The van der Waals surface area contributed by atoms with Crippen LogP contribution >= 0.6 is 11.8 Å². The average molecular weight is 427 g/mol. The van der Waals surface area contributed by atoms with Crippen molar-refractivity contribution in [3.05, 3.63) is 59.7 Å². The first kappa shape index (κ1) is 22.4. The topological polar surface area (TPSA) is 58.6 Å². The molecule has 0 atom stereocenters. The lowest BCUT2D eigenvalue weighted by molar-refractivity contribution is -0.129. The Morgan fingerprint density at radius 1 is 1.10 bits per heavy atom. The molecule has 1 aliphatic carbocycles. The van der Waals surface area contributed by atoms with Gasteiger partial charge in [-0.15, -0.1) is 11.8 Å². The highest BCUT2D eigenvalue weighted by Crippen LogP contribution is 2.26. The highest BCUT2D eigenvalue weighted by molar-refractivity contribution is 8.00. The molecule has 0 aromatic heterocycles. The van der Waals surface area contributed by atoms with Crippen LogP contribution < -0.4 is 5.32 Å². The summed E-state index contributed by atoms with van der Waals surface area (Å²) in [7, 11) is 3.55. The van der Waals surface area contributed by atoms with Crippen LogP contribution in [0.15, 0.2) is 53.4 Å². The third-order valence-corrected chi connectivity index (χ3v) is 6.55. The predicted octanol–water partition coefficient (Wildman–Crippen LogP) is 4.97. The standard InChI is InChI=1S/C24H30N2O3S/c1-26(20-11-4-3-5-12-20)23(27)17-30-22-14-7-6-13-21(22)24(28)25-19-10-8-9-18(15-19)16-29-2/h6-10,13-15,20H,3-5,11-12,16-17H2,1-2H3,(H,25,28). The molecule has 160 valence electrons. The zero-order valence-electron chi connectivity index (χ0n) is 17.7. The number of ether oxygens (including phenoxy) is 1. The molecule has 1 aliphatic rings. The Morgan fingerprint density at radius 2 is 1.87 bits per heavy atom. The van der Waals surface area contributed by atoms with Gasteiger partial charge in [-0.3, -0.25) is 9.59 Å². The third-order valence-electron chi connectivity index (χ3n) is 5.49. The maximum Gasteiger partial charge on any atom is 0.256 e. The number of nitrogens with one attached hydrogen (secondary N) is 1. The normalized spacial score (nSPS) is 14.3. The summed E-state index contributed by atoms with van der Waals surface area (Å²) in [5.41, 5.74) is 2.30. The van der Waals surface area contributed by atoms with Gasteiger partial charge in [0, 0.05) is 30.8 Å². The van der Waals surface area contributed by atoms with E-state index in [1.807, 2.05) is 54.4 Å². The Hall–Kier alpha value is -2.31. The van der Waals surface area contributed by atoms with E-state index in [0.29, 0.717) is 24.0 Å². The van der Waals surface area contributed by atoms with Crippen molar-refractivity contribution in [2.24, 2.45) is 0 Å². The van der Waals surface area contributed by atoms with Crippen LogP contribution in [0.3, 0.4) is 0 Å². The number of hydrogen-bond donors (Lipinski definition) is 1. The van der Waals surface area contributed by atoms with E-state index in [4.69, 9.17) is 4.74 Å². The minimum atomic E-state index is -0.180. The minimum absolute atomic E-state index is 0.120. The lowest BCUT2D eigenvalue weighted by Gasteiger charge is -2.31. The first-order chi connectivity index (χ1) is 14.6. The number of benzene rings is 2. The summed E-state index contributed by atoms with van der Waals surface area (Å²) in [6, 6.07) is 15.4. The number of thioether (sulfide) groups is 1. The Morgan fingerprint density at radius 3 is 2.63 bits per heavy atom. The van der Waals surface area contributed by atoms with Crippen LogP contribution in [-0.4, -0.2) is 42.7 Å². The molecular formula is C24H30N2O3S. The molecule has 0 unspecified atom stereocenters. The quantitative estimate of drug-likeness (QED) is 0.606. The van der Waals surface area contributed by atoms with Gasteiger partial charge in [0.2, 0.25) is 5.91 Å². The van der Waals surface area contributed by atoms with Gasteiger partial charge in [0.25, 0.3) is 5.91 Å². The van der Waals surface area contributed by atoms with E-state index in [0.717, 1.165) is 29.0 Å². The summed E-state index contributed by atoms with van der Waals surface area (Å²) in [6.45, 7) is 0.493. The summed E-state index contributed by atoms with van der Waals surface area (Å²) in [4.78, 5) is 28.3. The summed E-state index contributed by atoms with van der Waals surface area (Å²) in [6.07, 6.45) is 5.85. The molecule has 5 nitrogen and oxygen atoms in total. The average Bonchev–Trinajstić information content (AvgIpc) is 2.78. The fourth-order valence-electron chi connectivity index (χ4n) is 3.80. The summed E-state index contributed by atoms with van der Waals surface area (Å²) in [5, 5.41) is 2.96. The molecular weight excluding hydrogens is 396 g/mol. The van der Waals surface area contributed by atoms with Gasteiger partial charge in [0.05, 0.1) is 17.9 Å². The Kier molecular flexibility index (Phi) is 8.34. The van der Waals surface area contributed by atoms with Crippen LogP contribution in [0, 0.1) is 0 Å². The molecule has 1 N–H and O–H groups in total. The smallest absolute Gasteiger partial charge is 0.256 e. The molecule has 2 amide bonds. The highest BCUT2D eigenvalue weighted by Gasteiger charge is 2.22. The first-order valence-electron chi connectivity index (χ1n) is 10.4. The van der Waals surface area contributed by atoms with E-state index in [9.17, 15) is 9.59 Å². The molecule has 1 fully saturated rings. The van der Waals surface area contributed by atoms with Crippen molar-refractivity contribution in [1.82, 2.24) is 4.90 Å². The van der Waals surface area contributed by atoms with Crippen molar-refractivity contribution in [2.75, 3.05) is 25.2 Å². The zero-order chi connectivity index (χ0) is 21.3. The Bertz CT molecular complexity index is 865. The van der Waals surface area contributed by atoms with Crippen LogP contribution in [0.25, 0.3) is 0 Å². The van der Waals surface area contributed by atoms with Gasteiger partial charge < -0.3 is 15.0 Å². The predicted molar refractivity (Wildman–Crippen MR) is 122 cm³/mol. The van der Waals surface area contributed by atoms with Crippen LogP contribution in [0.5, 0.6) is 0 Å². The molecule has 3 rings (SSSR count). The summed E-state index contributed by atoms with van der Waals surface area (Å²) >= 11 is 1.43. The number of carbonyl (C=O) groups excluding carboxylic acids is 2. The molecule has 0 heterocycles. The minimum Gasteiger partial charge on any atom is -0.380 e. The number of rotatable bonds is 8. The zero-order valence-corrected chi connectivity index (χ0v) is 18.5. The second-order valence-corrected chi connectivity index (χ2v) is 8.69. The van der Waals surface area contributed by atoms with Gasteiger partial charge in [0.15, 0.2) is 0 Å². The molecule has 2 aromatic carbocycles. The SMILES string of the molecule is COCc1cccc(NC(=O)c2ccccc2SCC(=O)N(C)C2CCCCC2)c1. The van der Waals surface area contributed by atoms with Crippen LogP contribution in [0.1, 0.15) is 48.0 Å². The molecule has 2 aromatic rings. The molecule has 0 spiro atoms. The summed E-state index contributed by atoms with van der Waals surface area (Å²) < 4.78 is 5.16. The van der Waals surface area contributed by atoms with Crippen LogP contribution in [-0.2, 0) is 16.1 Å². The fourth-order valence-corrected chi connectivity index (χ4v) is 4.77. The molecule has 0 aliphatic heterocycles. The van der Waals surface area contributed by atoms with Crippen LogP contribution in [0.4, 0.5) is 5.69 Å². The number of hydrogen-bond acceptors (Lipinski definition) is 4. The molecule has 30 heavy (non-hydrogen) atoms. The first-order valence-corrected chi connectivity index (χ1v) is 11.4. The van der Waals surface area contributed by atoms with Crippen molar-refractivity contribution >= 4 is 29.3 Å². The highest BCUT2D eigenvalue weighted by atomic mass is 32.2. The van der Waals surface area contributed by atoms with Crippen molar-refractivity contribution in [1.29, 1.82) is 0 Å². The maximum atomic E-state index is 12.9. The second kappa shape index (κ2) is 11.2. The third kappa shape index (κ3) is 6.09. The van der Waals surface area contributed by atoms with Crippen molar-refractivity contribution in [3.8, 4) is 0 Å². The Labute approximate surface area is 183 Å². The van der Waals surface area contributed by atoms with Gasteiger partial charge in [0.1, 0.15) is 0 Å². The van der Waals surface area contributed by atoms with Gasteiger partial charge in [-0.1, -0.05) is 43.5 Å². The number of nitrogens with zero attached hydrogens (tertiary/aromatic N) is 1. The molecule has 0 radical (unpaired) electrons. The monoisotopic (exact) mass is 426 g/mol. The van der Waals surface area contributed by atoms with E-state index >= 15 is 0 Å². The van der Waals surface area contributed by atoms with Gasteiger partial charge in [-0.2, -0.15) is 0 Å². The Balaban J connectivity index is 1.63. The van der Waals surface area contributed by atoms with Crippen molar-refractivity contribution < 1.29 is 14.3 Å². The number of amides is 2. The second-order valence-electron chi connectivity index (χ2n) is 7.67. The van der Waals surface area contributed by atoms with Gasteiger partial charge >= 0.3 is 0 Å². The number of carbonyl (C=O) groups is 2. The summed E-state index contributed by atoms with van der Waals surface area (Å²) in [5.74, 6) is 0.274. The lowest BCUT2D eigenvalue weighted by Crippen LogP contribution is -2.39. The van der Waals surface area contributed by atoms with Gasteiger partial charge in [-0.25, -0.2) is 0 Å². The largest absolute Gasteiger partial charge is 0.380 e. The van der Waals surface area contributed by atoms with E-state index in [-0.39, 0.29) is 11.8 Å². The lowest BCUT2D eigenvalue weighted by atomic mass is 9.94. The fraction of sp³-hybridized carbons (Fsp3) is 0.417. The van der Waals surface area contributed by atoms with E-state index in [1.165, 1.54) is 31.0 Å². The van der Waals surface area contributed by atoms with Gasteiger partial charge in [-0.05, 0) is 42.7 Å². The number of anilines is 1. The van der Waals surface area contributed by atoms with Crippen molar-refractivity contribution in [2.45, 2.75) is 49.6 Å². The molecule has 6 heteroatoms. The van der Waals surface area contributed by atoms with Crippen molar-refractivity contribution in [3.63, 3.8) is 0 Å². The van der Waals surface area contributed by atoms with Crippen LogP contribution in [0.2, 0.25) is 0 Å². The van der Waals surface area contributed by atoms with E-state index in [1.54, 1.807) is 13.2 Å².